The fourth-order valence-corrected chi connectivity index (χ4v) is 1.74. The molecular formula is C8H18N2S2. The van der Waals surface area contributed by atoms with E-state index in [0.717, 1.165) is 18.1 Å². The maximum Gasteiger partial charge on any atom is 0.166 e. The smallest absolute Gasteiger partial charge is 0.166 e. The van der Waals surface area contributed by atoms with E-state index in [1.54, 1.807) is 0 Å². The van der Waals surface area contributed by atoms with Gasteiger partial charge in [-0.1, -0.05) is 0 Å². The number of hydrogen-bond donors (Lipinski definition) is 2. The molecule has 0 spiro atoms. The summed E-state index contributed by atoms with van der Waals surface area (Å²) in [7, 11) is 0. The van der Waals surface area contributed by atoms with Gasteiger partial charge in [-0.25, -0.2) is 0 Å². The molecule has 0 amide bonds. The van der Waals surface area contributed by atoms with Crippen molar-refractivity contribution in [3.63, 3.8) is 0 Å². The van der Waals surface area contributed by atoms with Gasteiger partial charge in [-0.15, -0.1) is 0 Å². The summed E-state index contributed by atoms with van der Waals surface area (Å²) in [5.74, 6) is 1.18. The molecule has 0 aliphatic carbocycles. The predicted octanol–water partition coefficient (Wildman–Crippen LogP) is 1.61. The summed E-state index contributed by atoms with van der Waals surface area (Å²) >= 11 is 6.92. The molecule has 0 aromatic heterocycles. The Morgan fingerprint density at radius 3 is 2.75 bits per heavy atom. The van der Waals surface area contributed by atoms with Crippen molar-refractivity contribution in [1.82, 2.24) is 10.6 Å². The molecule has 0 rings (SSSR count). The SMILES string of the molecule is CCNC(=S)NC(C)CCSC. The maximum absolute atomic E-state index is 5.05. The van der Waals surface area contributed by atoms with E-state index >= 15 is 0 Å². The second-order valence-corrected chi connectivity index (χ2v) is 4.08. The molecule has 0 saturated carbocycles. The summed E-state index contributed by atoms with van der Waals surface area (Å²) in [6, 6.07) is 0.476. The zero-order chi connectivity index (χ0) is 9.40. The Labute approximate surface area is 84.9 Å². The van der Waals surface area contributed by atoms with E-state index in [0.29, 0.717) is 6.04 Å². The molecule has 12 heavy (non-hydrogen) atoms. The van der Waals surface area contributed by atoms with E-state index in [-0.39, 0.29) is 0 Å². The Balaban J connectivity index is 3.40. The number of hydrogen-bond acceptors (Lipinski definition) is 2. The molecule has 0 aliphatic rings. The normalized spacial score (nSPS) is 12.2. The Morgan fingerprint density at radius 1 is 1.58 bits per heavy atom. The first kappa shape index (κ1) is 12.0. The molecule has 0 bridgehead atoms. The van der Waals surface area contributed by atoms with Crippen LogP contribution in [0, 0.1) is 0 Å². The molecular weight excluding hydrogens is 188 g/mol. The van der Waals surface area contributed by atoms with E-state index in [1.807, 2.05) is 18.7 Å². The van der Waals surface area contributed by atoms with Crippen LogP contribution in [-0.2, 0) is 0 Å². The summed E-state index contributed by atoms with van der Waals surface area (Å²) < 4.78 is 0. The van der Waals surface area contributed by atoms with Crippen LogP contribution in [-0.4, -0.2) is 29.7 Å². The molecule has 0 saturated heterocycles. The highest BCUT2D eigenvalue weighted by Gasteiger charge is 2.01. The van der Waals surface area contributed by atoms with Crippen LogP contribution in [0.4, 0.5) is 0 Å². The van der Waals surface area contributed by atoms with Gasteiger partial charge in [-0.3, -0.25) is 0 Å². The first-order chi connectivity index (χ1) is 5.70. The van der Waals surface area contributed by atoms with Crippen LogP contribution in [0.5, 0.6) is 0 Å². The summed E-state index contributed by atoms with van der Waals surface area (Å²) in [4.78, 5) is 0. The molecule has 0 heterocycles. The van der Waals surface area contributed by atoms with Gasteiger partial charge in [0.1, 0.15) is 0 Å². The summed E-state index contributed by atoms with van der Waals surface area (Å²) in [6.45, 7) is 5.08. The Hall–Kier alpha value is 0.0400. The second kappa shape index (κ2) is 7.68. The largest absolute Gasteiger partial charge is 0.363 e. The van der Waals surface area contributed by atoms with Gasteiger partial charge >= 0.3 is 0 Å². The van der Waals surface area contributed by atoms with Crippen LogP contribution in [0.3, 0.4) is 0 Å². The quantitative estimate of drug-likeness (QED) is 0.668. The number of rotatable bonds is 5. The average Bonchev–Trinajstić information content (AvgIpc) is 2.01. The Morgan fingerprint density at radius 2 is 2.25 bits per heavy atom. The van der Waals surface area contributed by atoms with Gasteiger partial charge in [-0.2, -0.15) is 11.8 Å². The third-order valence-corrected chi connectivity index (χ3v) is 2.38. The molecule has 1 atom stereocenters. The number of thioether (sulfide) groups is 1. The maximum atomic E-state index is 5.05. The lowest BCUT2D eigenvalue weighted by Crippen LogP contribution is -2.40. The zero-order valence-corrected chi connectivity index (χ0v) is 9.65. The van der Waals surface area contributed by atoms with E-state index in [9.17, 15) is 0 Å². The van der Waals surface area contributed by atoms with Crippen molar-refractivity contribution in [2.45, 2.75) is 26.3 Å². The highest BCUT2D eigenvalue weighted by molar-refractivity contribution is 7.98. The second-order valence-electron chi connectivity index (χ2n) is 2.69. The fraction of sp³-hybridized carbons (Fsp3) is 0.875. The molecule has 0 aromatic carbocycles. The molecule has 72 valence electrons. The number of thiocarbonyl (C=S) groups is 1. The standard InChI is InChI=1S/C8H18N2S2/c1-4-9-8(11)10-7(2)5-6-12-3/h7H,4-6H2,1-3H3,(H2,9,10,11). The van der Waals surface area contributed by atoms with Gasteiger partial charge in [0.2, 0.25) is 0 Å². The van der Waals surface area contributed by atoms with Crippen LogP contribution in [0.1, 0.15) is 20.3 Å². The molecule has 4 heteroatoms. The van der Waals surface area contributed by atoms with Gasteiger partial charge in [0.15, 0.2) is 5.11 Å². The average molecular weight is 206 g/mol. The van der Waals surface area contributed by atoms with Crippen molar-refractivity contribution >= 4 is 29.1 Å². The van der Waals surface area contributed by atoms with E-state index in [1.165, 1.54) is 5.75 Å². The van der Waals surface area contributed by atoms with Crippen molar-refractivity contribution in [2.24, 2.45) is 0 Å². The minimum Gasteiger partial charge on any atom is -0.363 e. The Bertz CT molecular complexity index is 128. The van der Waals surface area contributed by atoms with E-state index in [2.05, 4.69) is 23.8 Å². The lowest BCUT2D eigenvalue weighted by atomic mass is 10.3. The van der Waals surface area contributed by atoms with E-state index < -0.39 is 0 Å². The molecule has 0 aliphatic heterocycles. The van der Waals surface area contributed by atoms with Gasteiger partial charge in [0.05, 0.1) is 0 Å². The van der Waals surface area contributed by atoms with Crippen molar-refractivity contribution in [1.29, 1.82) is 0 Å². The summed E-state index contributed by atoms with van der Waals surface area (Å²) in [6.07, 6.45) is 3.28. The van der Waals surface area contributed by atoms with Crippen molar-refractivity contribution < 1.29 is 0 Å². The van der Waals surface area contributed by atoms with Crippen LogP contribution in [0.15, 0.2) is 0 Å². The summed E-state index contributed by atoms with van der Waals surface area (Å²) in [5, 5.41) is 7.06. The van der Waals surface area contributed by atoms with Gasteiger partial charge in [0, 0.05) is 12.6 Å². The first-order valence-electron chi connectivity index (χ1n) is 4.24. The molecule has 2 N–H and O–H groups in total. The monoisotopic (exact) mass is 206 g/mol. The molecule has 0 radical (unpaired) electrons. The highest BCUT2D eigenvalue weighted by atomic mass is 32.2. The minimum atomic E-state index is 0.476. The molecule has 1 unspecified atom stereocenters. The van der Waals surface area contributed by atoms with Crippen molar-refractivity contribution in [3.8, 4) is 0 Å². The highest BCUT2D eigenvalue weighted by Crippen LogP contribution is 1.99. The van der Waals surface area contributed by atoms with Crippen molar-refractivity contribution in [3.05, 3.63) is 0 Å². The Kier molecular flexibility index (Phi) is 7.70. The topological polar surface area (TPSA) is 24.1 Å². The van der Waals surface area contributed by atoms with Gasteiger partial charge in [0.25, 0.3) is 0 Å². The zero-order valence-electron chi connectivity index (χ0n) is 8.02. The number of nitrogens with one attached hydrogen (secondary N) is 2. The third-order valence-electron chi connectivity index (χ3n) is 1.47. The van der Waals surface area contributed by atoms with Gasteiger partial charge in [-0.05, 0) is 44.5 Å². The fourth-order valence-electron chi connectivity index (χ4n) is 0.802. The molecule has 0 fully saturated rings. The van der Waals surface area contributed by atoms with Crippen LogP contribution in [0.25, 0.3) is 0 Å². The van der Waals surface area contributed by atoms with Crippen LogP contribution >= 0.6 is 24.0 Å². The van der Waals surface area contributed by atoms with E-state index in [4.69, 9.17) is 12.2 Å². The first-order valence-corrected chi connectivity index (χ1v) is 6.04. The third kappa shape index (κ3) is 6.73. The van der Waals surface area contributed by atoms with Crippen LogP contribution in [0.2, 0.25) is 0 Å². The lowest BCUT2D eigenvalue weighted by molar-refractivity contribution is 0.639. The van der Waals surface area contributed by atoms with Gasteiger partial charge < -0.3 is 10.6 Å². The molecule has 2 nitrogen and oxygen atoms in total. The lowest BCUT2D eigenvalue weighted by Gasteiger charge is -2.15. The minimum absolute atomic E-state index is 0.476. The predicted molar refractivity (Wildman–Crippen MR) is 61.9 cm³/mol. The summed E-state index contributed by atoms with van der Waals surface area (Å²) in [5.41, 5.74) is 0. The van der Waals surface area contributed by atoms with Crippen LogP contribution < -0.4 is 10.6 Å². The van der Waals surface area contributed by atoms with Crippen molar-refractivity contribution in [2.75, 3.05) is 18.6 Å². The molecule has 0 aromatic rings.